The maximum absolute atomic E-state index is 11.0. The second-order valence-electron chi connectivity index (χ2n) is 2.96. The van der Waals surface area contributed by atoms with E-state index in [0.29, 0.717) is 6.04 Å². The Morgan fingerprint density at radius 2 is 2.50 bits per heavy atom. The van der Waals surface area contributed by atoms with Gasteiger partial charge in [-0.2, -0.15) is 11.8 Å². The van der Waals surface area contributed by atoms with Crippen molar-refractivity contribution in [2.45, 2.75) is 25.8 Å². The van der Waals surface area contributed by atoms with Gasteiger partial charge in [-0.25, -0.2) is 0 Å². The standard InChI is InChI=1S/C8H14ClNOS/c1-2-4-10(8(9)11)7-3-5-12-6-7/h7H,2-6H2,1H3. The molecule has 0 spiro atoms. The van der Waals surface area contributed by atoms with Gasteiger partial charge in [-0.15, -0.1) is 0 Å². The zero-order valence-electron chi connectivity index (χ0n) is 7.25. The molecule has 0 aliphatic carbocycles. The van der Waals surface area contributed by atoms with Crippen LogP contribution in [0.4, 0.5) is 4.79 Å². The lowest BCUT2D eigenvalue weighted by atomic mass is 10.2. The summed E-state index contributed by atoms with van der Waals surface area (Å²) in [5, 5.41) is -0.288. The van der Waals surface area contributed by atoms with Gasteiger partial charge in [0, 0.05) is 18.3 Å². The monoisotopic (exact) mass is 207 g/mol. The Hall–Kier alpha value is 0.110. The first kappa shape index (κ1) is 10.2. The summed E-state index contributed by atoms with van der Waals surface area (Å²) in [7, 11) is 0. The van der Waals surface area contributed by atoms with Crippen molar-refractivity contribution < 1.29 is 4.79 Å². The van der Waals surface area contributed by atoms with E-state index >= 15 is 0 Å². The van der Waals surface area contributed by atoms with E-state index in [2.05, 4.69) is 6.92 Å². The zero-order chi connectivity index (χ0) is 8.97. The van der Waals surface area contributed by atoms with Gasteiger partial charge in [0.05, 0.1) is 0 Å². The number of nitrogens with zero attached hydrogens (tertiary/aromatic N) is 1. The summed E-state index contributed by atoms with van der Waals surface area (Å²) in [6.07, 6.45) is 2.09. The van der Waals surface area contributed by atoms with E-state index in [-0.39, 0.29) is 5.37 Å². The molecule has 1 unspecified atom stereocenters. The molecule has 2 nitrogen and oxygen atoms in total. The molecule has 1 atom stereocenters. The molecule has 4 heteroatoms. The molecule has 0 N–H and O–H groups in total. The maximum atomic E-state index is 11.0. The molecule has 0 saturated carbocycles. The van der Waals surface area contributed by atoms with E-state index in [9.17, 15) is 4.79 Å². The number of halogens is 1. The minimum atomic E-state index is -0.288. The summed E-state index contributed by atoms with van der Waals surface area (Å²) in [5.41, 5.74) is 0. The smallest absolute Gasteiger partial charge is 0.316 e. The number of hydrogen-bond donors (Lipinski definition) is 0. The largest absolute Gasteiger partial charge is 0.325 e. The summed E-state index contributed by atoms with van der Waals surface area (Å²) in [6.45, 7) is 2.86. The van der Waals surface area contributed by atoms with Crippen LogP contribution in [0.15, 0.2) is 0 Å². The molecule has 1 heterocycles. The Labute approximate surface area is 82.6 Å². The van der Waals surface area contributed by atoms with Crippen LogP contribution in [0.25, 0.3) is 0 Å². The van der Waals surface area contributed by atoms with Crippen molar-refractivity contribution in [2.75, 3.05) is 18.1 Å². The lowest BCUT2D eigenvalue weighted by Crippen LogP contribution is -2.37. The van der Waals surface area contributed by atoms with Crippen LogP contribution in [0.5, 0.6) is 0 Å². The van der Waals surface area contributed by atoms with Gasteiger partial charge in [0.15, 0.2) is 0 Å². The minimum absolute atomic E-state index is 0.288. The third-order valence-electron chi connectivity index (χ3n) is 2.04. The van der Waals surface area contributed by atoms with Gasteiger partial charge < -0.3 is 4.90 Å². The highest BCUT2D eigenvalue weighted by Crippen LogP contribution is 2.23. The molecule has 1 amide bonds. The van der Waals surface area contributed by atoms with Crippen LogP contribution in [-0.2, 0) is 0 Å². The number of carbonyl (C=O) groups excluding carboxylic acids is 1. The number of thioether (sulfide) groups is 1. The first-order valence-electron chi connectivity index (χ1n) is 4.29. The van der Waals surface area contributed by atoms with Crippen molar-refractivity contribution in [3.63, 3.8) is 0 Å². The quantitative estimate of drug-likeness (QED) is 0.524. The van der Waals surface area contributed by atoms with Crippen molar-refractivity contribution in [2.24, 2.45) is 0 Å². The molecule has 1 aliphatic heterocycles. The fraction of sp³-hybridized carbons (Fsp3) is 0.875. The van der Waals surface area contributed by atoms with Gasteiger partial charge in [0.25, 0.3) is 0 Å². The fourth-order valence-electron chi connectivity index (χ4n) is 1.42. The molecule has 12 heavy (non-hydrogen) atoms. The van der Waals surface area contributed by atoms with Crippen molar-refractivity contribution in [1.29, 1.82) is 0 Å². The molecule has 70 valence electrons. The molecule has 0 aromatic heterocycles. The van der Waals surface area contributed by atoms with E-state index in [0.717, 1.165) is 30.9 Å². The average Bonchev–Trinajstić information content (AvgIpc) is 2.51. The second-order valence-corrected chi connectivity index (χ2v) is 4.44. The SMILES string of the molecule is CCCN(C(=O)Cl)C1CCSC1. The van der Waals surface area contributed by atoms with Gasteiger partial charge >= 0.3 is 5.37 Å². The molecule has 0 bridgehead atoms. The predicted molar refractivity (Wildman–Crippen MR) is 54.0 cm³/mol. The summed E-state index contributed by atoms with van der Waals surface area (Å²) in [5.74, 6) is 2.22. The van der Waals surface area contributed by atoms with Gasteiger partial charge in [-0.05, 0) is 30.2 Å². The summed E-state index contributed by atoms with van der Waals surface area (Å²) < 4.78 is 0. The van der Waals surface area contributed by atoms with E-state index < -0.39 is 0 Å². The molecule has 1 rings (SSSR count). The van der Waals surface area contributed by atoms with Crippen molar-refractivity contribution in [3.05, 3.63) is 0 Å². The van der Waals surface area contributed by atoms with E-state index in [4.69, 9.17) is 11.6 Å². The average molecular weight is 208 g/mol. The van der Waals surface area contributed by atoms with E-state index in [1.165, 1.54) is 0 Å². The summed E-state index contributed by atoms with van der Waals surface area (Å²) in [6, 6.07) is 0.389. The molecule has 0 aromatic carbocycles. The van der Waals surface area contributed by atoms with Crippen molar-refractivity contribution in [3.8, 4) is 0 Å². The Morgan fingerprint density at radius 3 is 2.92 bits per heavy atom. The van der Waals surface area contributed by atoms with Crippen molar-refractivity contribution in [1.82, 2.24) is 4.90 Å². The first-order valence-corrected chi connectivity index (χ1v) is 5.82. The Bertz CT molecular complexity index is 159. The number of carbonyl (C=O) groups is 1. The highest BCUT2D eigenvalue weighted by atomic mass is 35.5. The van der Waals surface area contributed by atoms with Crippen LogP contribution in [0.2, 0.25) is 0 Å². The van der Waals surface area contributed by atoms with Gasteiger partial charge in [0.2, 0.25) is 0 Å². The lowest BCUT2D eigenvalue weighted by molar-refractivity contribution is 0.204. The van der Waals surface area contributed by atoms with E-state index in [1.54, 1.807) is 4.90 Å². The van der Waals surface area contributed by atoms with Crippen LogP contribution in [0.1, 0.15) is 19.8 Å². The highest BCUT2D eigenvalue weighted by Gasteiger charge is 2.24. The Balaban J connectivity index is 2.45. The third-order valence-corrected chi connectivity index (χ3v) is 3.40. The first-order chi connectivity index (χ1) is 5.75. The normalized spacial score (nSPS) is 22.7. The molecular weight excluding hydrogens is 194 g/mol. The van der Waals surface area contributed by atoms with Crippen LogP contribution in [0, 0.1) is 0 Å². The molecule has 1 saturated heterocycles. The summed E-state index contributed by atoms with van der Waals surface area (Å²) in [4.78, 5) is 12.8. The molecule has 1 aliphatic rings. The van der Waals surface area contributed by atoms with Crippen LogP contribution in [0.3, 0.4) is 0 Å². The molecule has 0 radical (unpaired) electrons. The number of rotatable bonds is 3. The van der Waals surface area contributed by atoms with Gasteiger partial charge in [0.1, 0.15) is 0 Å². The lowest BCUT2D eigenvalue weighted by Gasteiger charge is -2.25. The Kier molecular flexibility index (Phi) is 4.22. The van der Waals surface area contributed by atoms with Gasteiger partial charge in [-0.3, -0.25) is 4.79 Å². The van der Waals surface area contributed by atoms with Crippen LogP contribution < -0.4 is 0 Å². The van der Waals surface area contributed by atoms with Crippen molar-refractivity contribution >= 4 is 28.7 Å². The topological polar surface area (TPSA) is 20.3 Å². The van der Waals surface area contributed by atoms with Crippen LogP contribution >= 0.6 is 23.4 Å². The summed E-state index contributed by atoms with van der Waals surface area (Å²) >= 11 is 7.38. The molecule has 1 fully saturated rings. The zero-order valence-corrected chi connectivity index (χ0v) is 8.83. The van der Waals surface area contributed by atoms with E-state index in [1.807, 2.05) is 11.8 Å². The number of amides is 1. The second kappa shape index (κ2) is 4.97. The fourth-order valence-corrected chi connectivity index (χ4v) is 2.87. The third kappa shape index (κ3) is 2.56. The highest BCUT2D eigenvalue weighted by molar-refractivity contribution is 7.99. The molecule has 0 aromatic rings. The predicted octanol–water partition coefficient (Wildman–Crippen LogP) is 2.56. The number of hydrogen-bond acceptors (Lipinski definition) is 2. The van der Waals surface area contributed by atoms with Crippen LogP contribution in [-0.4, -0.2) is 34.4 Å². The Morgan fingerprint density at radius 1 is 1.75 bits per heavy atom. The minimum Gasteiger partial charge on any atom is -0.325 e. The van der Waals surface area contributed by atoms with Gasteiger partial charge in [-0.1, -0.05) is 6.92 Å². The molecular formula is C8H14ClNOS. The maximum Gasteiger partial charge on any atom is 0.316 e.